The van der Waals surface area contributed by atoms with Crippen molar-refractivity contribution in [1.29, 1.82) is 0 Å². The molecule has 0 unspecified atom stereocenters. The summed E-state index contributed by atoms with van der Waals surface area (Å²) in [7, 11) is 0. The Labute approximate surface area is 295 Å². The van der Waals surface area contributed by atoms with Crippen molar-refractivity contribution in [3.8, 4) is 56.2 Å². The molecular formula is C48H30N2O. The van der Waals surface area contributed by atoms with Crippen LogP contribution >= 0.6 is 0 Å². The third-order valence-corrected chi connectivity index (χ3v) is 9.92. The molecule has 0 saturated carbocycles. The number of hydrogen-bond acceptors (Lipinski definition) is 3. The van der Waals surface area contributed by atoms with E-state index in [0.29, 0.717) is 5.82 Å². The molecule has 0 saturated heterocycles. The van der Waals surface area contributed by atoms with Crippen molar-refractivity contribution in [2.45, 2.75) is 0 Å². The number of nitrogens with zero attached hydrogens (tertiary/aromatic N) is 2. The van der Waals surface area contributed by atoms with Crippen molar-refractivity contribution in [3.63, 3.8) is 0 Å². The molecule has 0 N–H and O–H groups in total. The van der Waals surface area contributed by atoms with Crippen LogP contribution in [0.2, 0.25) is 0 Å². The third kappa shape index (κ3) is 4.98. The van der Waals surface area contributed by atoms with Gasteiger partial charge in [-0.2, -0.15) is 0 Å². The summed E-state index contributed by atoms with van der Waals surface area (Å²) in [4.78, 5) is 10.7. The maximum Gasteiger partial charge on any atom is 0.161 e. The first-order chi connectivity index (χ1) is 25.3. The highest BCUT2D eigenvalue weighted by molar-refractivity contribution is 6.15. The van der Waals surface area contributed by atoms with E-state index < -0.39 is 0 Å². The lowest BCUT2D eigenvalue weighted by Crippen LogP contribution is -1.98. The van der Waals surface area contributed by atoms with Gasteiger partial charge in [0.2, 0.25) is 0 Å². The molecule has 2 heterocycles. The van der Waals surface area contributed by atoms with E-state index in [0.717, 1.165) is 66.7 Å². The van der Waals surface area contributed by atoms with Gasteiger partial charge in [0.1, 0.15) is 11.2 Å². The lowest BCUT2D eigenvalue weighted by Gasteiger charge is -2.15. The molecule has 0 bridgehead atoms. The Hall–Kier alpha value is -6.84. The summed E-state index contributed by atoms with van der Waals surface area (Å²) in [6.07, 6.45) is 0. The average molecular weight is 651 g/mol. The molecule has 0 radical (unpaired) electrons. The van der Waals surface area contributed by atoms with Crippen LogP contribution in [-0.2, 0) is 0 Å². The normalized spacial score (nSPS) is 11.5. The predicted molar refractivity (Wildman–Crippen MR) is 212 cm³/mol. The third-order valence-electron chi connectivity index (χ3n) is 9.92. The van der Waals surface area contributed by atoms with E-state index in [1.54, 1.807) is 0 Å². The van der Waals surface area contributed by atoms with Gasteiger partial charge >= 0.3 is 0 Å². The van der Waals surface area contributed by atoms with E-state index in [9.17, 15) is 0 Å². The van der Waals surface area contributed by atoms with Crippen molar-refractivity contribution in [2.24, 2.45) is 0 Å². The second-order valence-electron chi connectivity index (χ2n) is 12.9. The number of fused-ring (bicyclic) bond motifs is 6. The highest BCUT2D eigenvalue weighted by Crippen LogP contribution is 2.41. The van der Waals surface area contributed by atoms with Crippen LogP contribution in [0.5, 0.6) is 0 Å². The summed E-state index contributed by atoms with van der Waals surface area (Å²) in [5.41, 5.74) is 10.8. The second kappa shape index (κ2) is 11.9. The van der Waals surface area contributed by atoms with Gasteiger partial charge in [0, 0.05) is 27.5 Å². The Morgan fingerprint density at radius 2 is 0.922 bits per heavy atom. The molecule has 0 spiro atoms. The monoisotopic (exact) mass is 650 g/mol. The topological polar surface area (TPSA) is 38.9 Å². The molecule has 8 aromatic carbocycles. The lowest BCUT2D eigenvalue weighted by atomic mass is 9.90. The van der Waals surface area contributed by atoms with Gasteiger partial charge < -0.3 is 4.42 Å². The molecule has 10 aromatic rings. The molecule has 0 aliphatic heterocycles. The summed E-state index contributed by atoms with van der Waals surface area (Å²) in [5, 5.41) is 7.03. The molecule has 0 fully saturated rings. The molecule has 3 heteroatoms. The fourth-order valence-corrected chi connectivity index (χ4v) is 7.46. The summed E-state index contributed by atoms with van der Waals surface area (Å²) in [6, 6.07) is 63.8. The van der Waals surface area contributed by atoms with Crippen LogP contribution in [0.15, 0.2) is 186 Å². The van der Waals surface area contributed by atoms with E-state index in [1.165, 1.54) is 27.1 Å². The van der Waals surface area contributed by atoms with Crippen molar-refractivity contribution in [2.75, 3.05) is 0 Å². The SMILES string of the molecule is c1ccc(-c2ccc(-c3cc(-c4cccc5c4oc4ccccc45)nc(-c4ccccc4-c4cc5ccccc5c5ccccc45)n3)cc2)cc1. The fraction of sp³-hybridized carbons (Fsp3) is 0. The number of rotatable bonds is 5. The molecule has 238 valence electrons. The smallest absolute Gasteiger partial charge is 0.161 e. The largest absolute Gasteiger partial charge is 0.455 e. The first kappa shape index (κ1) is 29.1. The molecule has 0 aliphatic carbocycles. The van der Waals surface area contributed by atoms with Crippen LogP contribution in [0, 0.1) is 0 Å². The molecule has 10 rings (SSSR count). The van der Waals surface area contributed by atoms with Crippen molar-refractivity contribution in [1.82, 2.24) is 9.97 Å². The second-order valence-corrected chi connectivity index (χ2v) is 12.9. The highest BCUT2D eigenvalue weighted by Gasteiger charge is 2.19. The Bertz CT molecular complexity index is 2910. The molecule has 2 aromatic heterocycles. The predicted octanol–water partition coefficient (Wildman–Crippen LogP) is 13.0. The zero-order valence-electron chi connectivity index (χ0n) is 27.6. The first-order valence-corrected chi connectivity index (χ1v) is 17.2. The van der Waals surface area contributed by atoms with E-state index in [4.69, 9.17) is 14.4 Å². The molecule has 0 amide bonds. The van der Waals surface area contributed by atoms with E-state index in [2.05, 4.69) is 164 Å². The van der Waals surface area contributed by atoms with Gasteiger partial charge in [-0.05, 0) is 68.1 Å². The summed E-state index contributed by atoms with van der Waals surface area (Å²) >= 11 is 0. The van der Waals surface area contributed by atoms with E-state index in [1.807, 2.05) is 18.2 Å². The zero-order chi connectivity index (χ0) is 33.7. The lowest BCUT2D eigenvalue weighted by molar-refractivity contribution is 0.670. The van der Waals surface area contributed by atoms with Crippen molar-refractivity contribution >= 4 is 43.5 Å². The quantitative estimate of drug-likeness (QED) is 0.174. The van der Waals surface area contributed by atoms with Crippen LogP contribution < -0.4 is 0 Å². The van der Waals surface area contributed by atoms with Gasteiger partial charge in [-0.3, -0.25) is 0 Å². The van der Waals surface area contributed by atoms with Crippen LogP contribution in [-0.4, -0.2) is 9.97 Å². The van der Waals surface area contributed by atoms with Crippen molar-refractivity contribution in [3.05, 3.63) is 182 Å². The molecule has 51 heavy (non-hydrogen) atoms. The number of aromatic nitrogens is 2. The fourth-order valence-electron chi connectivity index (χ4n) is 7.46. The minimum absolute atomic E-state index is 0.663. The summed E-state index contributed by atoms with van der Waals surface area (Å²) in [5.74, 6) is 0.663. The van der Waals surface area contributed by atoms with Gasteiger partial charge in [-0.15, -0.1) is 0 Å². The average Bonchev–Trinajstić information content (AvgIpc) is 3.60. The zero-order valence-corrected chi connectivity index (χ0v) is 27.6. The van der Waals surface area contributed by atoms with Gasteiger partial charge in [-0.1, -0.05) is 158 Å². The van der Waals surface area contributed by atoms with Crippen LogP contribution in [0.4, 0.5) is 0 Å². The molecule has 0 atom stereocenters. The van der Waals surface area contributed by atoms with Crippen LogP contribution in [0.25, 0.3) is 99.6 Å². The maximum absolute atomic E-state index is 6.52. The number of hydrogen-bond donors (Lipinski definition) is 0. The minimum atomic E-state index is 0.663. The van der Waals surface area contributed by atoms with Crippen molar-refractivity contribution < 1.29 is 4.42 Å². The number of furan rings is 1. The number of benzene rings is 8. The Morgan fingerprint density at radius 1 is 0.333 bits per heavy atom. The molecular weight excluding hydrogens is 621 g/mol. The van der Waals surface area contributed by atoms with Crippen LogP contribution in [0.1, 0.15) is 0 Å². The standard InChI is InChI=1S/C48H30N2O/c1-2-13-31(14-3-1)32-25-27-33(28-26-32)44-30-45(42-23-12-22-40-39-20-10-11-24-46(39)51-47(40)42)50-48(49-44)41-21-9-8-19-38(41)43-29-34-15-4-5-16-35(34)36-17-6-7-18-37(36)43/h1-30H. The molecule has 3 nitrogen and oxygen atoms in total. The van der Waals surface area contributed by atoms with Crippen LogP contribution in [0.3, 0.4) is 0 Å². The first-order valence-electron chi connectivity index (χ1n) is 17.2. The van der Waals surface area contributed by atoms with E-state index in [-0.39, 0.29) is 0 Å². The molecule has 0 aliphatic rings. The van der Waals surface area contributed by atoms with Gasteiger partial charge in [-0.25, -0.2) is 9.97 Å². The minimum Gasteiger partial charge on any atom is -0.455 e. The summed E-state index contributed by atoms with van der Waals surface area (Å²) in [6.45, 7) is 0. The maximum atomic E-state index is 6.52. The Kier molecular flexibility index (Phi) is 6.81. The Morgan fingerprint density at radius 3 is 1.76 bits per heavy atom. The van der Waals surface area contributed by atoms with E-state index >= 15 is 0 Å². The highest BCUT2D eigenvalue weighted by atomic mass is 16.3. The Balaban J connectivity index is 1.21. The van der Waals surface area contributed by atoms with Gasteiger partial charge in [0.15, 0.2) is 5.82 Å². The number of para-hydroxylation sites is 2. The van der Waals surface area contributed by atoms with Gasteiger partial charge in [0.25, 0.3) is 0 Å². The van der Waals surface area contributed by atoms with Gasteiger partial charge in [0.05, 0.1) is 11.4 Å². The summed E-state index contributed by atoms with van der Waals surface area (Å²) < 4.78 is 6.52.